The SMILES string of the molecule is CC(C)N1C[C@@H](C(=O)N2CCN(c3ccccc3F)CC2)CC1=O. The Kier molecular flexibility index (Phi) is 4.73. The van der Waals surface area contributed by atoms with Crippen LogP contribution in [0.3, 0.4) is 0 Å². The first kappa shape index (κ1) is 16.7. The number of nitrogens with zero attached hydrogens (tertiary/aromatic N) is 3. The summed E-state index contributed by atoms with van der Waals surface area (Å²) in [6.45, 7) is 6.82. The van der Waals surface area contributed by atoms with Crippen molar-refractivity contribution in [2.45, 2.75) is 26.3 Å². The molecular weight excluding hydrogens is 309 g/mol. The first-order valence-corrected chi connectivity index (χ1v) is 8.55. The lowest BCUT2D eigenvalue weighted by atomic mass is 10.1. The van der Waals surface area contributed by atoms with Gasteiger partial charge in [0.25, 0.3) is 0 Å². The minimum atomic E-state index is -0.236. The highest BCUT2D eigenvalue weighted by Gasteiger charge is 2.38. The van der Waals surface area contributed by atoms with Crippen molar-refractivity contribution in [2.75, 3.05) is 37.6 Å². The molecule has 2 saturated heterocycles. The number of hydrogen-bond acceptors (Lipinski definition) is 3. The number of para-hydroxylation sites is 1. The standard InChI is InChI=1S/C18H24FN3O2/c1-13(2)22-12-14(11-17(22)23)18(24)21-9-7-20(8-10-21)16-6-4-3-5-15(16)19/h3-6,13-14H,7-12H2,1-2H3/t14-/m0/s1. The molecule has 3 rings (SSSR count). The summed E-state index contributed by atoms with van der Waals surface area (Å²) >= 11 is 0. The van der Waals surface area contributed by atoms with Gasteiger partial charge in [-0.1, -0.05) is 12.1 Å². The fourth-order valence-corrected chi connectivity index (χ4v) is 3.53. The van der Waals surface area contributed by atoms with E-state index in [2.05, 4.69) is 0 Å². The highest BCUT2D eigenvalue weighted by atomic mass is 19.1. The van der Waals surface area contributed by atoms with Crippen molar-refractivity contribution in [3.05, 3.63) is 30.1 Å². The lowest BCUT2D eigenvalue weighted by Crippen LogP contribution is -2.51. The van der Waals surface area contributed by atoms with Crippen molar-refractivity contribution >= 4 is 17.5 Å². The first-order valence-electron chi connectivity index (χ1n) is 8.55. The molecule has 1 atom stereocenters. The van der Waals surface area contributed by atoms with E-state index in [1.54, 1.807) is 17.0 Å². The van der Waals surface area contributed by atoms with Gasteiger partial charge in [-0.25, -0.2) is 4.39 Å². The van der Waals surface area contributed by atoms with Crippen LogP contribution in [0.5, 0.6) is 0 Å². The number of carbonyl (C=O) groups excluding carboxylic acids is 2. The Balaban J connectivity index is 1.58. The number of benzene rings is 1. The summed E-state index contributed by atoms with van der Waals surface area (Å²) < 4.78 is 13.9. The van der Waals surface area contributed by atoms with E-state index in [-0.39, 0.29) is 29.6 Å². The van der Waals surface area contributed by atoms with Gasteiger partial charge in [-0.15, -0.1) is 0 Å². The molecule has 2 aliphatic rings. The van der Waals surface area contributed by atoms with Crippen molar-refractivity contribution in [1.82, 2.24) is 9.80 Å². The van der Waals surface area contributed by atoms with Crippen LogP contribution in [0.1, 0.15) is 20.3 Å². The van der Waals surface area contributed by atoms with Crippen molar-refractivity contribution in [3.8, 4) is 0 Å². The van der Waals surface area contributed by atoms with Gasteiger partial charge in [-0.05, 0) is 26.0 Å². The number of likely N-dealkylation sites (tertiary alicyclic amines) is 1. The molecule has 1 aromatic carbocycles. The molecule has 130 valence electrons. The third-order valence-corrected chi connectivity index (χ3v) is 4.92. The third kappa shape index (κ3) is 3.23. The third-order valence-electron chi connectivity index (χ3n) is 4.92. The zero-order chi connectivity index (χ0) is 17.3. The van der Waals surface area contributed by atoms with E-state index in [0.717, 1.165) is 0 Å². The van der Waals surface area contributed by atoms with E-state index in [1.165, 1.54) is 6.07 Å². The normalized spacial score (nSPS) is 21.8. The predicted octanol–water partition coefficient (Wildman–Crippen LogP) is 1.73. The molecule has 0 N–H and O–H groups in total. The Labute approximate surface area is 142 Å². The van der Waals surface area contributed by atoms with Crippen molar-refractivity contribution in [2.24, 2.45) is 5.92 Å². The molecule has 24 heavy (non-hydrogen) atoms. The Morgan fingerprint density at radius 3 is 2.42 bits per heavy atom. The summed E-state index contributed by atoms with van der Waals surface area (Å²) in [6.07, 6.45) is 0.310. The topological polar surface area (TPSA) is 43.9 Å². The van der Waals surface area contributed by atoms with Gasteiger partial charge >= 0.3 is 0 Å². The molecule has 0 aliphatic carbocycles. The molecule has 0 unspecified atom stereocenters. The molecule has 2 aliphatic heterocycles. The van der Waals surface area contributed by atoms with Crippen LogP contribution < -0.4 is 4.90 Å². The van der Waals surface area contributed by atoms with E-state index >= 15 is 0 Å². The predicted molar refractivity (Wildman–Crippen MR) is 90.1 cm³/mol. The smallest absolute Gasteiger partial charge is 0.228 e. The molecule has 0 radical (unpaired) electrons. The Morgan fingerprint density at radius 1 is 1.17 bits per heavy atom. The summed E-state index contributed by atoms with van der Waals surface area (Å²) in [5.74, 6) is -0.348. The second kappa shape index (κ2) is 6.79. The second-order valence-corrected chi connectivity index (χ2v) is 6.80. The van der Waals surface area contributed by atoms with Crippen LogP contribution >= 0.6 is 0 Å². The zero-order valence-electron chi connectivity index (χ0n) is 14.2. The molecule has 0 aromatic heterocycles. The number of halogens is 1. The molecule has 5 nitrogen and oxygen atoms in total. The van der Waals surface area contributed by atoms with Gasteiger partial charge in [0.05, 0.1) is 11.6 Å². The van der Waals surface area contributed by atoms with Crippen LogP contribution in [0.4, 0.5) is 10.1 Å². The number of amides is 2. The Morgan fingerprint density at radius 2 is 1.83 bits per heavy atom. The maximum Gasteiger partial charge on any atom is 0.228 e. The average molecular weight is 333 g/mol. The number of anilines is 1. The summed E-state index contributed by atoms with van der Waals surface area (Å²) in [7, 11) is 0. The highest BCUT2D eigenvalue weighted by Crippen LogP contribution is 2.24. The largest absolute Gasteiger partial charge is 0.366 e. The van der Waals surface area contributed by atoms with E-state index in [4.69, 9.17) is 0 Å². The fraction of sp³-hybridized carbons (Fsp3) is 0.556. The monoisotopic (exact) mass is 333 g/mol. The average Bonchev–Trinajstić information content (AvgIpc) is 2.97. The lowest BCUT2D eigenvalue weighted by Gasteiger charge is -2.37. The van der Waals surface area contributed by atoms with E-state index in [9.17, 15) is 14.0 Å². The fourth-order valence-electron chi connectivity index (χ4n) is 3.53. The summed E-state index contributed by atoms with van der Waals surface area (Å²) in [6, 6.07) is 6.85. The van der Waals surface area contributed by atoms with Crippen LogP contribution in [-0.2, 0) is 9.59 Å². The van der Waals surface area contributed by atoms with Gasteiger partial charge in [0, 0.05) is 45.2 Å². The zero-order valence-corrected chi connectivity index (χ0v) is 14.2. The summed E-state index contributed by atoms with van der Waals surface area (Å²) in [5, 5.41) is 0. The maximum absolute atomic E-state index is 13.9. The highest BCUT2D eigenvalue weighted by molar-refractivity contribution is 5.89. The Hall–Kier alpha value is -2.11. The number of rotatable bonds is 3. The van der Waals surface area contributed by atoms with Crippen molar-refractivity contribution in [1.29, 1.82) is 0 Å². The first-order chi connectivity index (χ1) is 11.5. The van der Waals surface area contributed by atoms with Gasteiger partial charge in [0.15, 0.2) is 0 Å². The van der Waals surface area contributed by atoms with Crippen molar-refractivity contribution in [3.63, 3.8) is 0 Å². The van der Waals surface area contributed by atoms with Crippen LogP contribution in [0.2, 0.25) is 0 Å². The Bertz CT molecular complexity index is 626. The van der Waals surface area contributed by atoms with Crippen LogP contribution in [0.25, 0.3) is 0 Å². The minimum absolute atomic E-state index is 0.0553. The molecular formula is C18H24FN3O2. The molecule has 0 saturated carbocycles. The molecule has 0 spiro atoms. The van der Waals surface area contributed by atoms with Crippen LogP contribution in [-0.4, -0.2) is 60.4 Å². The molecule has 0 bridgehead atoms. The van der Waals surface area contributed by atoms with Crippen molar-refractivity contribution < 1.29 is 14.0 Å². The van der Waals surface area contributed by atoms with Gasteiger partial charge < -0.3 is 14.7 Å². The molecule has 2 amide bonds. The number of piperazine rings is 1. The van der Waals surface area contributed by atoms with Gasteiger partial charge in [-0.2, -0.15) is 0 Å². The van der Waals surface area contributed by atoms with Gasteiger partial charge in [0.1, 0.15) is 5.82 Å². The van der Waals surface area contributed by atoms with Gasteiger partial charge in [-0.3, -0.25) is 9.59 Å². The molecule has 1 aromatic rings. The number of carbonyl (C=O) groups is 2. The molecule has 2 fully saturated rings. The summed E-state index contributed by atoms with van der Waals surface area (Å²) in [4.78, 5) is 30.2. The van der Waals surface area contributed by atoms with E-state index in [1.807, 2.05) is 29.7 Å². The van der Waals surface area contributed by atoms with Crippen LogP contribution in [0, 0.1) is 11.7 Å². The lowest BCUT2D eigenvalue weighted by molar-refractivity contribution is -0.136. The maximum atomic E-state index is 13.9. The summed E-state index contributed by atoms with van der Waals surface area (Å²) in [5.41, 5.74) is 0.589. The molecule has 2 heterocycles. The molecule has 6 heteroatoms. The minimum Gasteiger partial charge on any atom is -0.366 e. The number of hydrogen-bond donors (Lipinski definition) is 0. The van der Waals surface area contributed by atoms with Gasteiger partial charge in [0.2, 0.25) is 11.8 Å². The quantitative estimate of drug-likeness (QED) is 0.846. The second-order valence-electron chi connectivity index (χ2n) is 6.80. The van der Waals surface area contributed by atoms with E-state index < -0.39 is 0 Å². The van der Waals surface area contributed by atoms with E-state index in [0.29, 0.717) is 44.8 Å². The van der Waals surface area contributed by atoms with Crippen LogP contribution in [0.15, 0.2) is 24.3 Å².